The molecule has 0 atom stereocenters. The van der Waals surface area contributed by atoms with E-state index in [4.69, 9.17) is 22.7 Å². The smallest absolute Gasteiger partial charge is 0.258 e. The number of rotatable bonds is 5. The maximum absolute atomic E-state index is 11.9. The van der Waals surface area contributed by atoms with Crippen LogP contribution in [0.2, 0.25) is 0 Å². The number of hydrogen-bond donors (Lipinski definition) is 2. The first-order chi connectivity index (χ1) is 10.1. The zero-order valence-electron chi connectivity index (χ0n) is 11.7. The van der Waals surface area contributed by atoms with E-state index in [-0.39, 0.29) is 23.5 Å². The van der Waals surface area contributed by atoms with Crippen LogP contribution in [0.3, 0.4) is 0 Å². The number of benzene rings is 1. The van der Waals surface area contributed by atoms with Gasteiger partial charge in [0.1, 0.15) is 10.7 Å². The lowest BCUT2D eigenvalue weighted by molar-refractivity contribution is -0.124. The summed E-state index contributed by atoms with van der Waals surface area (Å²) in [5.74, 6) is 0.434. The zero-order valence-corrected chi connectivity index (χ0v) is 14.1. The topological polar surface area (TPSA) is 64.3 Å². The molecule has 0 saturated heterocycles. The Bertz CT molecular complexity index is 530. The lowest BCUT2D eigenvalue weighted by Gasteiger charge is -2.22. The number of nitrogens with one attached hydrogen (secondary N) is 1. The molecular weight excluding hydrogens is 352 g/mol. The van der Waals surface area contributed by atoms with Gasteiger partial charge in [-0.15, -0.1) is 0 Å². The van der Waals surface area contributed by atoms with Crippen LogP contribution >= 0.6 is 28.1 Å². The number of nitrogens with two attached hydrogens (primary N) is 1. The number of carbonyl (C=O) groups excluding carboxylic acids is 1. The molecule has 6 heteroatoms. The van der Waals surface area contributed by atoms with Crippen molar-refractivity contribution in [3.8, 4) is 5.75 Å². The van der Waals surface area contributed by atoms with Crippen LogP contribution in [0, 0.1) is 0 Å². The van der Waals surface area contributed by atoms with Crippen molar-refractivity contribution in [2.75, 3.05) is 6.61 Å². The van der Waals surface area contributed by atoms with Gasteiger partial charge in [0.2, 0.25) is 0 Å². The van der Waals surface area contributed by atoms with Crippen LogP contribution in [-0.2, 0) is 4.79 Å². The number of thiocarbonyl (C=S) groups is 1. The van der Waals surface area contributed by atoms with Crippen molar-refractivity contribution >= 4 is 39.0 Å². The quantitative estimate of drug-likeness (QED) is 0.782. The minimum Gasteiger partial charge on any atom is -0.483 e. The van der Waals surface area contributed by atoms with E-state index in [1.165, 1.54) is 19.3 Å². The standard InChI is InChI=1S/C15H19BrN2O2S/c16-10-6-7-13(12(8-10)15(17)21)20-9-14(19)18-11-4-2-1-3-5-11/h6-8,11H,1-5,9H2,(H2,17,21)(H,18,19). The van der Waals surface area contributed by atoms with Crippen LogP contribution < -0.4 is 15.8 Å². The minimum atomic E-state index is -0.0984. The summed E-state index contributed by atoms with van der Waals surface area (Å²) in [5, 5.41) is 3.01. The van der Waals surface area contributed by atoms with Crippen LogP contribution in [0.1, 0.15) is 37.7 Å². The molecule has 0 heterocycles. The Labute approximate surface area is 138 Å². The molecule has 4 nitrogen and oxygen atoms in total. The molecule has 1 aromatic carbocycles. The number of ether oxygens (including phenoxy) is 1. The molecule has 1 aromatic rings. The highest BCUT2D eigenvalue weighted by molar-refractivity contribution is 9.10. The number of hydrogen-bond acceptors (Lipinski definition) is 3. The van der Waals surface area contributed by atoms with Crippen molar-refractivity contribution in [3.63, 3.8) is 0 Å². The Balaban J connectivity index is 1.90. The average Bonchev–Trinajstić information content (AvgIpc) is 2.47. The summed E-state index contributed by atoms with van der Waals surface area (Å²) >= 11 is 8.36. The van der Waals surface area contributed by atoms with Gasteiger partial charge in [-0.1, -0.05) is 47.4 Å². The molecule has 2 rings (SSSR count). The van der Waals surface area contributed by atoms with Crippen LogP contribution in [0.15, 0.2) is 22.7 Å². The highest BCUT2D eigenvalue weighted by atomic mass is 79.9. The molecule has 0 radical (unpaired) electrons. The fourth-order valence-electron chi connectivity index (χ4n) is 2.48. The molecule has 0 unspecified atom stereocenters. The van der Waals surface area contributed by atoms with Gasteiger partial charge in [0.05, 0.1) is 5.56 Å². The molecule has 0 bridgehead atoms. The highest BCUT2D eigenvalue weighted by Crippen LogP contribution is 2.23. The maximum atomic E-state index is 11.9. The second-order valence-electron chi connectivity index (χ2n) is 5.20. The van der Waals surface area contributed by atoms with Gasteiger partial charge in [-0.25, -0.2) is 0 Å². The Hall–Kier alpha value is -1.14. The SMILES string of the molecule is NC(=S)c1cc(Br)ccc1OCC(=O)NC1CCCCC1. The van der Waals surface area contributed by atoms with Gasteiger partial charge in [-0.3, -0.25) is 4.79 Å². The molecule has 114 valence electrons. The summed E-state index contributed by atoms with van der Waals surface area (Å²) in [5.41, 5.74) is 6.30. The monoisotopic (exact) mass is 370 g/mol. The van der Waals surface area contributed by atoms with Crippen LogP contribution in [-0.4, -0.2) is 23.5 Å². The first kappa shape index (κ1) is 16.2. The Morgan fingerprint density at radius 1 is 1.38 bits per heavy atom. The summed E-state index contributed by atoms with van der Waals surface area (Å²) in [6.45, 7) is -0.0201. The van der Waals surface area contributed by atoms with Crippen LogP contribution in [0.25, 0.3) is 0 Å². The lowest BCUT2D eigenvalue weighted by atomic mass is 9.95. The predicted octanol–water partition coefficient (Wildman–Crippen LogP) is 2.91. The molecule has 1 fully saturated rings. The van der Waals surface area contributed by atoms with Gasteiger partial charge in [0, 0.05) is 10.5 Å². The van der Waals surface area contributed by atoms with Crippen molar-refractivity contribution in [1.82, 2.24) is 5.32 Å². The summed E-state index contributed by atoms with van der Waals surface area (Å²) in [6, 6.07) is 5.66. The fraction of sp³-hybridized carbons (Fsp3) is 0.467. The number of halogens is 1. The van der Waals surface area contributed by atoms with E-state index >= 15 is 0 Å². The third-order valence-corrected chi connectivity index (χ3v) is 4.25. The molecule has 0 spiro atoms. The fourth-order valence-corrected chi connectivity index (χ4v) is 3.00. The van der Waals surface area contributed by atoms with Crippen molar-refractivity contribution < 1.29 is 9.53 Å². The average molecular weight is 371 g/mol. The molecule has 0 aliphatic heterocycles. The summed E-state index contributed by atoms with van der Waals surface area (Å²) < 4.78 is 6.42. The van der Waals surface area contributed by atoms with Crippen molar-refractivity contribution in [3.05, 3.63) is 28.2 Å². The summed E-state index contributed by atoms with van der Waals surface area (Å²) in [4.78, 5) is 12.2. The molecule has 21 heavy (non-hydrogen) atoms. The molecule has 1 saturated carbocycles. The number of carbonyl (C=O) groups is 1. The second-order valence-corrected chi connectivity index (χ2v) is 6.55. The Morgan fingerprint density at radius 2 is 2.10 bits per heavy atom. The van der Waals surface area contributed by atoms with Gasteiger partial charge < -0.3 is 15.8 Å². The zero-order chi connectivity index (χ0) is 15.2. The molecule has 1 amide bonds. The second kappa shape index (κ2) is 7.75. The lowest BCUT2D eigenvalue weighted by Crippen LogP contribution is -2.39. The normalized spacial score (nSPS) is 15.5. The summed E-state index contributed by atoms with van der Waals surface area (Å²) in [7, 11) is 0. The third-order valence-electron chi connectivity index (χ3n) is 3.54. The van der Waals surface area contributed by atoms with Crippen molar-refractivity contribution in [1.29, 1.82) is 0 Å². The largest absolute Gasteiger partial charge is 0.483 e. The van der Waals surface area contributed by atoms with E-state index in [9.17, 15) is 4.79 Å². The highest BCUT2D eigenvalue weighted by Gasteiger charge is 2.16. The van der Waals surface area contributed by atoms with Gasteiger partial charge >= 0.3 is 0 Å². The molecule has 1 aliphatic rings. The molecule has 3 N–H and O–H groups in total. The van der Waals surface area contributed by atoms with E-state index in [1.54, 1.807) is 12.1 Å². The van der Waals surface area contributed by atoms with E-state index in [0.717, 1.165) is 17.3 Å². The Morgan fingerprint density at radius 3 is 2.76 bits per heavy atom. The summed E-state index contributed by atoms with van der Waals surface area (Å²) in [6.07, 6.45) is 5.75. The van der Waals surface area contributed by atoms with E-state index < -0.39 is 0 Å². The molecule has 0 aromatic heterocycles. The minimum absolute atomic E-state index is 0.0201. The third kappa shape index (κ3) is 4.97. The van der Waals surface area contributed by atoms with Crippen LogP contribution in [0.4, 0.5) is 0 Å². The maximum Gasteiger partial charge on any atom is 0.258 e. The van der Waals surface area contributed by atoms with E-state index in [1.807, 2.05) is 6.07 Å². The predicted molar refractivity (Wildman–Crippen MR) is 90.5 cm³/mol. The van der Waals surface area contributed by atoms with Gasteiger partial charge in [0.25, 0.3) is 5.91 Å². The van der Waals surface area contributed by atoms with Crippen molar-refractivity contribution in [2.24, 2.45) is 5.73 Å². The molecule has 1 aliphatic carbocycles. The van der Waals surface area contributed by atoms with Gasteiger partial charge in [-0.2, -0.15) is 0 Å². The van der Waals surface area contributed by atoms with Gasteiger partial charge in [-0.05, 0) is 31.0 Å². The first-order valence-corrected chi connectivity index (χ1v) is 8.28. The van der Waals surface area contributed by atoms with Crippen LogP contribution in [0.5, 0.6) is 5.75 Å². The Kier molecular flexibility index (Phi) is 5.99. The first-order valence-electron chi connectivity index (χ1n) is 7.08. The molecular formula is C15H19BrN2O2S. The number of amides is 1. The van der Waals surface area contributed by atoms with E-state index in [2.05, 4.69) is 21.2 Å². The van der Waals surface area contributed by atoms with Gasteiger partial charge in [0.15, 0.2) is 6.61 Å². The van der Waals surface area contributed by atoms with E-state index in [0.29, 0.717) is 11.3 Å². The van der Waals surface area contributed by atoms with Crippen molar-refractivity contribution in [2.45, 2.75) is 38.1 Å².